The molecule has 1 saturated heterocycles. The third-order valence-electron chi connectivity index (χ3n) is 5.95. The van der Waals surface area contributed by atoms with Gasteiger partial charge in [0.15, 0.2) is 23.2 Å². The molecule has 2 aromatic carbocycles. The fourth-order valence-corrected chi connectivity index (χ4v) is 4.21. The summed E-state index contributed by atoms with van der Waals surface area (Å²) >= 11 is 0. The molecule has 0 bridgehead atoms. The summed E-state index contributed by atoms with van der Waals surface area (Å²) in [4.78, 5) is 13.2. The lowest BCUT2D eigenvalue weighted by Gasteiger charge is -2.20. The van der Waals surface area contributed by atoms with E-state index in [1.807, 2.05) is 36.4 Å². The number of benzene rings is 2. The fourth-order valence-electron chi connectivity index (χ4n) is 4.21. The van der Waals surface area contributed by atoms with Gasteiger partial charge in [0.05, 0.1) is 19.0 Å². The van der Waals surface area contributed by atoms with Crippen molar-refractivity contribution in [2.75, 3.05) is 11.9 Å². The number of imidazole rings is 1. The van der Waals surface area contributed by atoms with Crippen LogP contribution in [0.4, 0.5) is 5.82 Å². The predicted molar refractivity (Wildman–Crippen MR) is 121 cm³/mol. The second kappa shape index (κ2) is 9.24. The molecule has 9 heteroatoms. The van der Waals surface area contributed by atoms with Crippen LogP contribution in [0.1, 0.15) is 23.4 Å². The van der Waals surface area contributed by atoms with Crippen molar-refractivity contribution in [1.82, 2.24) is 19.5 Å². The third kappa shape index (κ3) is 4.19. The monoisotopic (exact) mass is 447 g/mol. The zero-order valence-electron chi connectivity index (χ0n) is 17.8. The Hall–Kier alpha value is -3.37. The Bertz CT molecular complexity index is 1200. The molecule has 9 nitrogen and oxygen atoms in total. The first-order chi connectivity index (χ1) is 16.2. The predicted octanol–water partition coefficient (Wildman–Crippen LogP) is 1.83. The lowest BCUT2D eigenvalue weighted by atomic mass is 9.99. The highest BCUT2D eigenvalue weighted by molar-refractivity contribution is 5.83. The van der Waals surface area contributed by atoms with Crippen LogP contribution >= 0.6 is 0 Å². The number of hydrogen-bond acceptors (Lipinski definition) is 8. The van der Waals surface area contributed by atoms with E-state index in [0.29, 0.717) is 17.0 Å². The highest BCUT2D eigenvalue weighted by Gasteiger charge is 2.44. The van der Waals surface area contributed by atoms with Gasteiger partial charge in [-0.25, -0.2) is 15.0 Å². The summed E-state index contributed by atoms with van der Waals surface area (Å²) in [6.45, 7) is -0.401. The molecule has 0 amide bonds. The Kier molecular flexibility index (Phi) is 6.01. The van der Waals surface area contributed by atoms with E-state index in [0.717, 1.165) is 12.0 Å². The number of aromatic nitrogens is 4. The smallest absolute Gasteiger partial charge is 0.167 e. The summed E-state index contributed by atoms with van der Waals surface area (Å²) in [7, 11) is 0. The number of aliphatic hydroxyl groups excluding tert-OH is 3. The summed E-state index contributed by atoms with van der Waals surface area (Å²) in [6.07, 6.45) is -0.555. The Morgan fingerprint density at radius 3 is 2.36 bits per heavy atom. The summed E-state index contributed by atoms with van der Waals surface area (Å²) < 4.78 is 7.21. The van der Waals surface area contributed by atoms with Gasteiger partial charge in [0.2, 0.25) is 0 Å². The summed E-state index contributed by atoms with van der Waals surface area (Å²) in [5, 5.41) is 33.5. The molecular weight excluding hydrogens is 422 g/mol. The zero-order chi connectivity index (χ0) is 22.8. The van der Waals surface area contributed by atoms with Crippen molar-refractivity contribution in [3.8, 4) is 0 Å². The minimum atomic E-state index is -1.22. The number of nitrogens with one attached hydrogen (secondary N) is 1. The van der Waals surface area contributed by atoms with Crippen molar-refractivity contribution in [3.05, 3.63) is 84.4 Å². The molecule has 170 valence electrons. The van der Waals surface area contributed by atoms with Crippen molar-refractivity contribution in [2.24, 2.45) is 0 Å². The van der Waals surface area contributed by atoms with Crippen molar-refractivity contribution in [1.29, 1.82) is 0 Å². The van der Waals surface area contributed by atoms with E-state index in [1.165, 1.54) is 18.2 Å². The first kappa shape index (κ1) is 21.5. The first-order valence-corrected chi connectivity index (χ1v) is 10.8. The van der Waals surface area contributed by atoms with Gasteiger partial charge in [0.25, 0.3) is 0 Å². The average molecular weight is 447 g/mol. The molecule has 1 aliphatic heterocycles. The number of fused-ring (bicyclic) bond motifs is 1. The number of anilines is 1. The molecule has 5 rings (SSSR count). The van der Waals surface area contributed by atoms with Gasteiger partial charge in [-0.15, -0.1) is 0 Å². The molecule has 0 aliphatic carbocycles. The lowest BCUT2D eigenvalue weighted by molar-refractivity contribution is -0.0511. The molecule has 1 fully saturated rings. The number of hydrogen-bond donors (Lipinski definition) is 4. The number of aliphatic hydroxyl groups is 3. The minimum Gasteiger partial charge on any atom is -0.394 e. The Morgan fingerprint density at radius 2 is 1.67 bits per heavy atom. The molecule has 0 spiro atoms. The van der Waals surface area contributed by atoms with E-state index < -0.39 is 31.1 Å². The molecular formula is C24H25N5O4. The van der Waals surface area contributed by atoms with E-state index in [4.69, 9.17) is 4.74 Å². The minimum absolute atomic E-state index is 0.0641. The SMILES string of the molecule is OC[C@H]1O[C@@H](n2cnc3c(NC(Cc4ccccc4)c4ccccc4)ncnc32)C(O)[C@H]1O. The molecule has 33 heavy (non-hydrogen) atoms. The summed E-state index contributed by atoms with van der Waals surface area (Å²) in [6, 6.07) is 20.3. The molecule has 5 atom stereocenters. The van der Waals surface area contributed by atoms with Gasteiger partial charge in [-0.05, 0) is 17.5 Å². The van der Waals surface area contributed by atoms with Gasteiger partial charge in [-0.3, -0.25) is 4.57 Å². The number of rotatable bonds is 7. The quantitative estimate of drug-likeness (QED) is 0.338. The highest BCUT2D eigenvalue weighted by Crippen LogP contribution is 2.33. The normalized spacial score (nSPS) is 23.6. The molecule has 1 aliphatic rings. The molecule has 3 heterocycles. The van der Waals surface area contributed by atoms with E-state index in [2.05, 4.69) is 44.5 Å². The van der Waals surface area contributed by atoms with Crippen LogP contribution in [0.3, 0.4) is 0 Å². The van der Waals surface area contributed by atoms with Crippen molar-refractivity contribution >= 4 is 17.0 Å². The van der Waals surface area contributed by atoms with E-state index in [9.17, 15) is 15.3 Å². The van der Waals surface area contributed by atoms with Crippen LogP contribution in [-0.4, -0.2) is 59.8 Å². The van der Waals surface area contributed by atoms with Crippen LogP contribution in [0.2, 0.25) is 0 Å². The van der Waals surface area contributed by atoms with Crippen LogP contribution in [0.25, 0.3) is 11.2 Å². The maximum atomic E-state index is 10.4. The van der Waals surface area contributed by atoms with Crippen LogP contribution in [-0.2, 0) is 11.2 Å². The lowest BCUT2D eigenvalue weighted by Crippen LogP contribution is -2.33. The van der Waals surface area contributed by atoms with Crippen molar-refractivity contribution < 1.29 is 20.1 Å². The standard InChI is InChI=1S/C24H25N5O4/c30-12-18-20(31)21(32)24(33-18)29-14-27-19-22(25-13-26-23(19)29)28-17(16-9-5-2-6-10-16)11-15-7-3-1-4-8-15/h1-10,13-14,17-18,20-21,24,30-32H,11-12H2,(H,25,26,28)/t17?,18-,20+,21?,24-/m1/s1. The van der Waals surface area contributed by atoms with E-state index >= 15 is 0 Å². The highest BCUT2D eigenvalue weighted by atomic mass is 16.6. The number of nitrogens with zero attached hydrogens (tertiary/aromatic N) is 4. The molecule has 4 N–H and O–H groups in total. The molecule has 4 aromatic rings. The summed E-state index contributed by atoms with van der Waals surface area (Å²) in [5.74, 6) is 0.551. The Labute approximate surface area is 190 Å². The first-order valence-electron chi connectivity index (χ1n) is 10.8. The van der Waals surface area contributed by atoms with Crippen molar-refractivity contribution in [3.63, 3.8) is 0 Å². The molecule has 0 saturated carbocycles. The largest absolute Gasteiger partial charge is 0.394 e. The van der Waals surface area contributed by atoms with Gasteiger partial charge in [-0.1, -0.05) is 60.7 Å². The Balaban J connectivity index is 1.48. The van der Waals surface area contributed by atoms with Gasteiger partial charge < -0.3 is 25.4 Å². The zero-order valence-corrected chi connectivity index (χ0v) is 17.8. The topological polar surface area (TPSA) is 126 Å². The Morgan fingerprint density at radius 1 is 0.939 bits per heavy atom. The van der Waals surface area contributed by atoms with Gasteiger partial charge >= 0.3 is 0 Å². The van der Waals surface area contributed by atoms with E-state index in [1.54, 1.807) is 4.57 Å². The van der Waals surface area contributed by atoms with Gasteiger partial charge in [0.1, 0.15) is 24.6 Å². The fraction of sp³-hybridized carbons (Fsp3) is 0.292. The summed E-state index contributed by atoms with van der Waals surface area (Å²) in [5.41, 5.74) is 3.26. The van der Waals surface area contributed by atoms with Crippen LogP contribution in [0.5, 0.6) is 0 Å². The molecule has 0 radical (unpaired) electrons. The van der Waals surface area contributed by atoms with E-state index in [-0.39, 0.29) is 6.04 Å². The van der Waals surface area contributed by atoms with Crippen LogP contribution in [0.15, 0.2) is 73.3 Å². The maximum absolute atomic E-state index is 10.4. The van der Waals surface area contributed by atoms with Crippen LogP contribution < -0.4 is 5.32 Å². The van der Waals surface area contributed by atoms with Crippen molar-refractivity contribution in [2.45, 2.75) is 37.0 Å². The van der Waals surface area contributed by atoms with Gasteiger partial charge in [-0.2, -0.15) is 0 Å². The second-order valence-corrected chi connectivity index (χ2v) is 8.07. The number of ether oxygens (including phenoxy) is 1. The molecule has 2 unspecified atom stereocenters. The third-order valence-corrected chi connectivity index (χ3v) is 5.95. The second-order valence-electron chi connectivity index (χ2n) is 8.07. The van der Waals surface area contributed by atoms with Crippen LogP contribution in [0, 0.1) is 0 Å². The molecule has 2 aromatic heterocycles. The van der Waals surface area contributed by atoms with Gasteiger partial charge in [0, 0.05) is 0 Å². The average Bonchev–Trinajstić information content (AvgIpc) is 3.41. The maximum Gasteiger partial charge on any atom is 0.167 e.